The number of aromatic nitrogens is 3. The van der Waals surface area contributed by atoms with Crippen LogP contribution in [0.1, 0.15) is 34.5 Å². The SMILES string of the molecule is Cc1nc(NC(=O)CCc2c(C)[nH]c(=O)c(C#N)c2C)sc1-c1ccccn1. The molecule has 0 aliphatic rings. The smallest absolute Gasteiger partial charge is 0.266 e. The molecule has 28 heavy (non-hydrogen) atoms. The highest BCUT2D eigenvalue weighted by Crippen LogP contribution is 2.31. The molecular weight excluding hydrogens is 374 g/mol. The van der Waals surface area contributed by atoms with Gasteiger partial charge in [0.05, 0.1) is 16.3 Å². The van der Waals surface area contributed by atoms with E-state index in [2.05, 4.69) is 20.3 Å². The number of aromatic amines is 1. The number of carbonyl (C=O) groups excluding carboxylic acids is 1. The van der Waals surface area contributed by atoms with Crippen LogP contribution in [-0.2, 0) is 11.2 Å². The number of aryl methyl sites for hydroxylation is 2. The normalized spacial score (nSPS) is 10.5. The average molecular weight is 393 g/mol. The largest absolute Gasteiger partial charge is 0.325 e. The van der Waals surface area contributed by atoms with Crippen molar-refractivity contribution in [3.8, 4) is 16.6 Å². The van der Waals surface area contributed by atoms with Crippen molar-refractivity contribution in [3.63, 3.8) is 0 Å². The molecule has 3 rings (SSSR count). The number of carbonyl (C=O) groups is 1. The first kappa shape index (κ1) is 19.5. The van der Waals surface area contributed by atoms with Gasteiger partial charge in [0, 0.05) is 18.3 Å². The second-order valence-electron chi connectivity index (χ2n) is 6.37. The van der Waals surface area contributed by atoms with E-state index in [9.17, 15) is 9.59 Å². The summed E-state index contributed by atoms with van der Waals surface area (Å²) in [5.74, 6) is -0.176. The Hall–Kier alpha value is -3.31. The molecule has 0 spiro atoms. The predicted molar refractivity (Wildman–Crippen MR) is 108 cm³/mol. The zero-order valence-electron chi connectivity index (χ0n) is 15.8. The summed E-state index contributed by atoms with van der Waals surface area (Å²) in [6, 6.07) is 7.58. The number of nitrogens with one attached hydrogen (secondary N) is 2. The summed E-state index contributed by atoms with van der Waals surface area (Å²) < 4.78 is 0. The maximum Gasteiger partial charge on any atom is 0.266 e. The van der Waals surface area contributed by atoms with Crippen molar-refractivity contribution in [3.05, 3.63) is 62.8 Å². The van der Waals surface area contributed by atoms with E-state index in [0.717, 1.165) is 21.8 Å². The van der Waals surface area contributed by atoms with Gasteiger partial charge in [-0.1, -0.05) is 17.4 Å². The Labute approximate surface area is 166 Å². The van der Waals surface area contributed by atoms with Crippen molar-refractivity contribution in [2.45, 2.75) is 33.6 Å². The van der Waals surface area contributed by atoms with Crippen molar-refractivity contribution < 1.29 is 4.79 Å². The summed E-state index contributed by atoms with van der Waals surface area (Å²) in [5, 5.41) is 12.5. The van der Waals surface area contributed by atoms with Gasteiger partial charge in [-0.15, -0.1) is 0 Å². The molecule has 7 nitrogen and oxygen atoms in total. The van der Waals surface area contributed by atoms with E-state index in [4.69, 9.17) is 5.26 Å². The number of thiazole rings is 1. The third kappa shape index (κ3) is 4.00. The van der Waals surface area contributed by atoms with E-state index >= 15 is 0 Å². The predicted octanol–water partition coefficient (Wildman–Crippen LogP) is 3.26. The highest BCUT2D eigenvalue weighted by Gasteiger charge is 2.15. The molecule has 0 fully saturated rings. The molecule has 0 unspecified atom stereocenters. The Kier molecular flexibility index (Phi) is 5.66. The number of nitriles is 1. The fraction of sp³-hybridized carbons (Fsp3) is 0.250. The van der Waals surface area contributed by atoms with E-state index in [1.165, 1.54) is 11.3 Å². The van der Waals surface area contributed by atoms with Crippen LogP contribution in [0.25, 0.3) is 10.6 Å². The lowest BCUT2D eigenvalue weighted by Crippen LogP contribution is -2.18. The maximum atomic E-state index is 12.4. The first-order valence-electron chi connectivity index (χ1n) is 8.71. The lowest BCUT2D eigenvalue weighted by atomic mass is 9.99. The van der Waals surface area contributed by atoms with Gasteiger partial charge in [0.15, 0.2) is 5.13 Å². The maximum absolute atomic E-state index is 12.4. The van der Waals surface area contributed by atoms with Crippen LogP contribution in [0.5, 0.6) is 0 Å². The number of pyridine rings is 2. The zero-order chi connectivity index (χ0) is 20.3. The highest BCUT2D eigenvalue weighted by atomic mass is 32.1. The fourth-order valence-corrected chi connectivity index (χ4v) is 3.98. The van der Waals surface area contributed by atoms with Crippen LogP contribution >= 0.6 is 11.3 Å². The monoisotopic (exact) mass is 393 g/mol. The average Bonchev–Trinajstić information content (AvgIpc) is 3.02. The van der Waals surface area contributed by atoms with Gasteiger partial charge in [-0.25, -0.2) is 4.98 Å². The standard InChI is InChI=1S/C20H19N5O2S/c1-11-14(12(2)23-19(27)15(11)10-21)7-8-17(26)25-20-24-13(3)18(28-20)16-6-4-5-9-22-16/h4-6,9H,7-8H2,1-3H3,(H,23,27)(H,24,25,26). The molecule has 3 aromatic rings. The van der Waals surface area contributed by atoms with Crippen molar-refractivity contribution in [2.75, 3.05) is 5.32 Å². The molecule has 8 heteroatoms. The van der Waals surface area contributed by atoms with E-state index in [1.54, 1.807) is 20.0 Å². The van der Waals surface area contributed by atoms with Crippen molar-refractivity contribution in [1.29, 1.82) is 5.26 Å². The van der Waals surface area contributed by atoms with Crippen LogP contribution in [0.2, 0.25) is 0 Å². The summed E-state index contributed by atoms with van der Waals surface area (Å²) in [4.78, 5) is 36.5. The molecule has 0 aromatic carbocycles. The molecule has 142 valence electrons. The minimum absolute atomic E-state index is 0.0940. The molecule has 0 saturated heterocycles. The first-order chi connectivity index (χ1) is 13.4. The zero-order valence-corrected chi connectivity index (χ0v) is 16.6. The Bertz CT molecular complexity index is 1130. The summed E-state index contributed by atoms with van der Waals surface area (Å²) in [7, 11) is 0. The highest BCUT2D eigenvalue weighted by molar-refractivity contribution is 7.19. The molecule has 0 aliphatic heterocycles. The van der Waals surface area contributed by atoms with Crippen LogP contribution in [0.15, 0.2) is 29.2 Å². The van der Waals surface area contributed by atoms with E-state index in [0.29, 0.717) is 22.8 Å². The van der Waals surface area contributed by atoms with Gasteiger partial charge in [0.25, 0.3) is 5.56 Å². The van der Waals surface area contributed by atoms with E-state index < -0.39 is 5.56 Å². The lowest BCUT2D eigenvalue weighted by Gasteiger charge is -2.10. The molecule has 0 saturated carbocycles. The number of nitrogens with zero attached hydrogens (tertiary/aromatic N) is 3. The van der Waals surface area contributed by atoms with Crippen molar-refractivity contribution in [1.82, 2.24) is 15.0 Å². The number of H-pyrrole nitrogens is 1. The number of hydrogen-bond acceptors (Lipinski definition) is 6. The number of anilines is 1. The second-order valence-corrected chi connectivity index (χ2v) is 7.37. The van der Waals surface area contributed by atoms with Gasteiger partial charge >= 0.3 is 0 Å². The number of amides is 1. The van der Waals surface area contributed by atoms with Crippen LogP contribution in [-0.4, -0.2) is 20.9 Å². The van der Waals surface area contributed by atoms with Crippen LogP contribution < -0.4 is 10.9 Å². The van der Waals surface area contributed by atoms with Gasteiger partial charge < -0.3 is 10.3 Å². The van der Waals surface area contributed by atoms with Crippen molar-refractivity contribution >= 4 is 22.4 Å². The van der Waals surface area contributed by atoms with Gasteiger partial charge in [0.2, 0.25) is 5.91 Å². The summed E-state index contributed by atoms with van der Waals surface area (Å²) in [6.45, 7) is 5.39. The molecule has 0 aliphatic carbocycles. The number of rotatable bonds is 5. The molecule has 0 radical (unpaired) electrons. The summed E-state index contributed by atoms with van der Waals surface area (Å²) in [6.07, 6.45) is 2.36. The fourth-order valence-electron chi connectivity index (χ4n) is 3.03. The Morgan fingerprint density at radius 2 is 2.11 bits per heavy atom. The third-order valence-electron chi connectivity index (χ3n) is 4.46. The topological polar surface area (TPSA) is 112 Å². The Morgan fingerprint density at radius 3 is 2.79 bits per heavy atom. The van der Waals surface area contributed by atoms with Gasteiger partial charge in [-0.2, -0.15) is 5.26 Å². The van der Waals surface area contributed by atoms with Crippen molar-refractivity contribution in [2.24, 2.45) is 0 Å². The molecular formula is C20H19N5O2S. The molecule has 3 heterocycles. The van der Waals surface area contributed by atoms with E-state index in [-0.39, 0.29) is 17.9 Å². The van der Waals surface area contributed by atoms with Gasteiger partial charge in [-0.3, -0.25) is 14.6 Å². The molecule has 3 aromatic heterocycles. The summed E-state index contributed by atoms with van der Waals surface area (Å²) >= 11 is 1.38. The third-order valence-corrected chi connectivity index (χ3v) is 5.56. The Balaban J connectivity index is 1.71. The minimum atomic E-state index is -0.397. The minimum Gasteiger partial charge on any atom is -0.325 e. The number of hydrogen-bond donors (Lipinski definition) is 2. The second kappa shape index (κ2) is 8.15. The molecule has 0 bridgehead atoms. The summed E-state index contributed by atoms with van der Waals surface area (Å²) in [5.41, 5.74) is 3.45. The molecule has 0 atom stereocenters. The first-order valence-corrected chi connectivity index (χ1v) is 9.53. The molecule has 1 amide bonds. The quantitative estimate of drug-likeness (QED) is 0.691. The van der Waals surface area contributed by atoms with Gasteiger partial charge in [0.1, 0.15) is 11.6 Å². The van der Waals surface area contributed by atoms with Gasteiger partial charge in [-0.05, 0) is 50.5 Å². The van der Waals surface area contributed by atoms with E-state index in [1.807, 2.05) is 31.2 Å². The van der Waals surface area contributed by atoms with Crippen LogP contribution in [0.3, 0.4) is 0 Å². The van der Waals surface area contributed by atoms with Crippen LogP contribution in [0, 0.1) is 32.1 Å². The van der Waals surface area contributed by atoms with Crippen LogP contribution in [0.4, 0.5) is 5.13 Å². The Morgan fingerprint density at radius 1 is 1.32 bits per heavy atom. The lowest BCUT2D eigenvalue weighted by molar-refractivity contribution is -0.116. The molecule has 2 N–H and O–H groups in total.